The predicted molar refractivity (Wildman–Crippen MR) is 72.6 cm³/mol. The zero-order valence-electron chi connectivity index (χ0n) is 10.1. The number of aryl methyl sites for hydroxylation is 1. The first kappa shape index (κ1) is 10.4. The summed E-state index contributed by atoms with van der Waals surface area (Å²) >= 11 is 0. The second-order valence-electron chi connectivity index (χ2n) is 4.85. The Balaban J connectivity index is 1.62. The third kappa shape index (κ3) is 2.05. The van der Waals surface area contributed by atoms with Crippen molar-refractivity contribution < 1.29 is 0 Å². The van der Waals surface area contributed by atoms with E-state index in [1.54, 1.807) is 0 Å². The molecule has 1 aliphatic rings. The van der Waals surface area contributed by atoms with Crippen LogP contribution in [0.25, 0.3) is 0 Å². The lowest BCUT2D eigenvalue weighted by Crippen LogP contribution is -2.24. The standard InChI is InChI=1S/C16H17N/c1-12-6-8-15(9-7-12)17-11-14-10-13-4-2-3-5-16(13)14/h2-9,14,17H,10-11H2,1H3. The Morgan fingerprint density at radius 2 is 1.82 bits per heavy atom. The first-order valence-corrected chi connectivity index (χ1v) is 6.21. The van der Waals surface area contributed by atoms with E-state index in [0.29, 0.717) is 5.92 Å². The van der Waals surface area contributed by atoms with E-state index < -0.39 is 0 Å². The molecule has 1 aliphatic carbocycles. The van der Waals surface area contributed by atoms with Crippen molar-refractivity contribution in [3.63, 3.8) is 0 Å². The van der Waals surface area contributed by atoms with Gasteiger partial charge in [0.05, 0.1) is 0 Å². The Bertz CT molecular complexity index is 513. The molecule has 0 aromatic heterocycles. The summed E-state index contributed by atoms with van der Waals surface area (Å²) in [4.78, 5) is 0. The Morgan fingerprint density at radius 1 is 1.06 bits per heavy atom. The number of hydrogen-bond acceptors (Lipinski definition) is 1. The summed E-state index contributed by atoms with van der Waals surface area (Å²) < 4.78 is 0. The van der Waals surface area contributed by atoms with Crippen LogP contribution in [0.2, 0.25) is 0 Å². The van der Waals surface area contributed by atoms with Crippen LogP contribution in [0, 0.1) is 6.92 Å². The highest BCUT2D eigenvalue weighted by molar-refractivity contribution is 5.47. The lowest BCUT2D eigenvalue weighted by molar-refractivity contribution is 0.636. The van der Waals surface area contributed by atoms with Gasteiger partial charge in [0, 0.05) is 18.2 Å². The van der Waals surface area contributed by atoms with Crippen LogP contribution in [0.4, 0.5) is 5.69 Å². The van der Waals surface area contributed by atoms with Crippen LogP contribution in [-0.2, 0) is 6.42 Å². The molecule has 2 aromatic rings. The van der Waals surface area contributed by atoms with E-state index in [2.05, 4.69) is 60.8 Å². The van der Waals surface area contributed by atoms with Gasteiger partial charge in [-0.25, -0.2) is 0 Å². The van der Waals surface area contributed by atoms with Gasteiger partial charge in [0.2, 0.25) is 0 Å². The van der Waals surface area contributed by atoms with E-state index in [-0.39, 0.29) is 0 Å². The van der Waals surface area contributed by atoms with Gasteiger partial charge >= 0.3 is 0 Å². The maximum atomic E-state index is 3.51. The molecule has 1 unspecified atom stereocenters. The van der Waals surface area contributed by atoms with Gasteiger partial charge < -0.3 is 5.32 Å². The van der Waals surface area contributed by atoms with Crippen LogP contribution in [0.3, 0.4) is 0 Å². The monoisotopic (exact) mass is 223 g/mol. The zero-order valence-corrected chi connectivity index (χ0v) is 10.1. The molecule has 0 radical (unpaired) electrons. The summed E-state index contributed by atoms with van der Waals surface area (Å²) in [6.45, 7) is 3.16. The molecule has 0 bridgehead atoms. The van der Waals surface area contributed by atoms with Gasteiger partial charge in [0.1, 0.15) is 0 Å². The average molecular weight is 223 g/mol. The van der Waals surface area contributed by atoms with Crippen molar-refractivity contribution in [2.75, 3.05) is 11.9 Å². The molecule has 0 heterocycles. The van der Waals surface area contributed by atoms with Crippen LogP contribution in [0.5, 0.6) is 0 Å². The largest absolute Gasteiger partial charge is 0.384 e. The average Bonchev–Trinajstić information content (AvgIpc) is 2.33. The van der Waals surface area contributed by atoms with Gasteiger partial charge in [0.25, 0.3) is 0 Å². The normalized spacial score (nSPS) is 17.1. The Hall–Kier alpha value is -1.76. The number of fused-ring (bicyclic) bond motifs is 1. The molecule has 0 aliphatic heterocycles. The van der Waals surface area contributed by atoms with Gasteiger partial charge in [-0.3, -0.25) is 0 Å². The van der Waals surface area contributed by atoms with E-state index in [4.69, 9.17) is 0 Å². The van der Waals surface area contributed by atoms with E-state index >= 15 is 0 Å². The second-order valence-corrected chi connectivity index (χ2v) is 4.85. The summed E-state index contributed by atoms with van der Waals surface area (Å²) in [6, 6.07) is 17.4. The van der Waals surface area contributed by atoms with Crippen molar-refractivity contribution in [1.82, 2.24) is 0 Å². The third-order valence-electron chi connectivity index (χ3n) is 3.57. The SMILES string of the molecule is Cc1ccc(NCC2Cc3ccccc32)cc1. The van der Waals surface area contributed by atoms with E-state index in [9.17, 15) is 0 Å². The molecule has 2 aromatic carbocycles. The molecular formula is C16H17N. The number of nitrogens with one attached hydrogen (secondary N) is 1. The summed E-state index contributed by atoms with van der Waals surface area (Å²) in [5, 5.41) is 3.51. The lowest BCUT2D eigenvalue weighted by atomic mass is 9.77. The fraction of sp³-hybridized carbons (Fsp3) is 0.250. The Morgan fingerprint density at radius 3 is 2.59 bits per heavy atom. The van der Waals surface area contributed by atoms with Crippen molar-refractivity contribution >= 4 is 5.69 Å². The summed E-state index contributed by atoms with van der Waals surface area (Å²) in [5.74, 6) is 0.688. The summed E-state index contributed by atoms with van der Waals surface area (Å²) in [7, 11) is 0. The molecule has 0 amide bonds. The molecule has 1 N–H and O–H groups in total. The van der Waals surface area contributed by atoms with Gasteiger partial charge in [-0.2, -0.15) is 0 Å². The molecule has 0 fully saturated rings. The molecule has 3 rings (SSSR count). The fourth-order valence-electron chi connectivity index (χ4n) is 2.46. The number of benzene rings is 2. The molecule has 86 valence electrons. The minimum atomic E-state index is 0.688. The molecule has 1 heteroatoms. The molecule has 17 heavy (non-hydrogen) atoms. The van der Waals surface area contributed by atoms with E-state index in [1.807, 2.05) is 0 Å². The van der Waals surface area contributed by atoms with E-state index in [0.717, 1.165) is 6.54 Å². The highest BCUT2D eigenvalue weighted by Gasteiger charge is 2.24. The van der Waals surface area contributed by atoms with Crippen LogP contribution in [0.1, 0.15) is 22.6 Å². The third-order valence-corrected chi connectivity index (χ3v) is 3.57. The van der Waals surface area contributed by atoms with Crippen LogP contribution in [0.15, 0.2) is 48.5 Å². The number of rotatable bonds is 3. The van der Waals surface area contributed by atoms with Crippen LogP contribution >= 0.6 is 0 Å². The fourth-order valence-corrected chi connectivity index (χ4v) is 2.46. The first-order valence-electron chi connectivity index (χ1n) is 6.21. The van der Waals surface area contributed by atoms with Crippen molar-refractivity contribution in [2.24, 2.45) is 0 Å². The van der Waals surface area contributed by atoms with Crippen molar-refractivity contribution in [3.05, 3.63) is 65.2 Å². The summed E-state index contributed by atoms with van der Waals surface area (Å²) in [6.07, 6.45) is 1.22. The predicted octanol–water partition coefficient (Wildman–Crippen LogP) is 3.75. The van der Waals surface area contributed by atoms with Crippen molar-refractivity contribution in [2.45, 2.75) is 19.3 Å². The molecule has 0 saturated heterocycles. The highest BCUT2D eigenvalue weighted by atomic mass is 14.9. The molecule has 1 atom stereocenters. The molecule has 0 spiro atoms. The van der Waals surface area contributed by atoms with E-state index in [1.165, 1.54) is 28.8 Å². The van der Waals surface area contributed by atoms with Crippen LogP contribution < -0.4 is 5.32 Å². The van der Waals surface area contributed by atoms with Gasteiger partial charge in [-0.1, -0.05) is 42.0 Å². The van der Waals surface area contributed by atoms with Crippen molar-refractivity contribution in [3.8, 4) is 0 Å². The van der Waals surface area contributed by atoms with Gasteiger partial charge in [0.15, 0.2) is 0 Å². The van der Waals surface area contributed by atoms with Crippen LogP contribution in [-0.4, -0.2) is 6.54 Å². The van der Waals surface area contributed by atoms with Gasteiger partial charge in [-0.05, 0) is 36.6 Å². The minimum Gasteiger partial charge on any atom is -0.384 e. The minimum absolute atomic E-state index is 0.688. The topological polar surface area (TPSA) is 12.0 Å². The Kier molecular flexibility index (Phi) is 2.60. The number of hydrogen-bond donors (Lipinski definition) is 1. The Labute approximate surface area is 102 Å². The summed E-state index contributed by atoms with van der Waals surface area (Å²) in [5.41, 5.74) is 5.57. The molecule has 0 saturated carbocycles. The molecular weight excluding hydrogens is 206 g/mol. The lowest BCUT2D eigenvalue weighted by Gasteiger charge is -2.30. The number of anilines is 1. The maximum Gasteiger partial charge on any atom is 0.0340 e. The zero-order chi connectivity index (χ0) is 11.7. The van der Waals surface area contributed by atoms with Crippen molar-refractivity contribution in [1.29, 1.82) is 0 Å². The second kappa shape index (κ2) is 4.25. The maximum absolute atomic E-state index is 3.51. The highest BCUT2D eigenvalue weighted by Crippen LogP contribution is 2.34. The first-order chi connectivity index (χ1) is 8.33. The van der Waals surface area contributed by atoms with Gasteiger partial charge in [-0.15, -0.1) is 0 Å². The quantitative estimate of drug-likeness (QED) is 0.835. The smallest absolute Gasteiger partial charge is 0.0340 e. The molecule has 1 nitrogen and oxygen atoms in total.